The molecule has 4 aliphatic carbocycles. The molecule has 6 nitrogen and oxygen atoms in total. The highest BCUT2D eigenvalue weighted by Gasteiger charge is 2.58. The lowest BCUT2D eigenvalue weighted by Gasteiger charge is -2.62. The van der Waals surface area contributed by atoms with E-state index in [0.29, 0.717) is 34.6 Å². The molecule has 7 rings (SSSR count). The molecule has 0 radical (unpaired) electrons. The van der Waals surface area contributed by atoms with Gasteiger partial charge in [-0.25, -0.2) is 0 Å². The van der Waals surface area contributed by atoms with E-state index >= 15 is 0 Å². The minimum absolute atomic E-state index is 0.115. The Hall–Kier alpha value is -2.81. The fourth-order valence-electron chi connectivity index (χ4n) is 6.40. The first-order valence-electron chi connectivity index (χ1n) is 12.2. The average Bonchev–Trinajstić information content (AvgIpc) is 3.17. The van der Waals surface area contributed by atoms with Crippen LogP contribution in [0.3, 0.4) is 0 Å². The number of nitrogens with one attached hydrogen (secondary N) is 2. The van der Waals surface area contributed by atoms with Crippen LogP contribution in [0.1, 0.15) is 53.7 Å². The number of amides is 1. The SMILES string of the molecule is C[C@@H](NC(=O)c1cn(C23CC(C2)C3)c(=O)cc1NC1[C@H]2CN(C)C[C@@H]12)c1cccc(C(F)(F)F)c1. The van der Waals surface area contributed by atoms with Crippen molar-refractivity contribution in [2.75, 3.05) is 25.5 Å². The molecule has 0 spiro atoms. The van der Waals surface area contributed by atoms with Gasteiger partial charge < -0.3 is 20.1 Å². The lowest BCUT2D eigenvalue weighted by molar-refractivity contribution is -0.137. The van der Waals surface area contributed by atoms with Crippen LogP contribution in [0.5, 0.6) is 0 Å². The maximum absolute atomic E-state index is 13.4. The third-order valence-electron chi connectivity index (χ3n) is 8.58. The van der Waals surface area contributed by atoms with Crippen molar-refractivity contribution in [3.05, 3.63) is 63.6 Å². The Morgan fingerprint density at radius 2 is 1.83 bits per heavy atom. The maximum atomic E-state index is 13.4. The molecule has 5 fully saturated rings. The summed E-state index contributed by atoms with van der Waals surface area (Å²) in [6.45, 7) is 3.63. The molecule has 1 aromatic carbocycles. The second-order valence-corrected chi connectivity index (χ2v) is 11.0. The van der Waals surface area contributed by atoms with E-state index in [2.05, 4.69) is 22.6 Å². The number of likely N-dealkylation sites (tertiary alicyclic amines) is 1. The number of hydrogen-bond donors (Lipinski definition) is 2. The minimum atomic E-state index is -4.45. The molecule has 2 bridgehead atoms. The van der Waals surface area contributed by atoms with Gasteiger partial charge >= 0.3 is 6.18 Å². The number of aromatic nitrogens is 1. The summed E-state index contributed by atoms with van der Waals surface area (Å²) in [5.74, 6) is 1.27. The number of piperidine rings is 1. The monoisotopic (exact) mass is 486 g/mol. The Morgan fingerprint density at radius 3 is 2.43 bits per heavy atom. The number of carbonyl (C=O) groups excluding carboxylic acids is 1. The molecule has 2 heterocycles. The molecule has 5 aliphatic rings. The summed E-state index contributed by atoms with van der Waals surface area (Å²) in [4.78, 5) is 28.8. The summed E-state index contributed by atoms with van der Waals surface area (Å²) in [5, 5.41) is 6.31. The molecule has 2 N–H and O–H groups in total. The van der Waals surface area contributed by atoms with E-state index in [1.807, 2.05) is 0 Å². The zero-order valence-electron chi connectivity index (χ0n) is 19.7. The highest BCUT2D eigenvalue weighted by Crippen LogP contribution is 2.61. The molecule has 9 heteroatoms. The van der Waals surface area contributed by atoms with Crippen LogP contribution in [-0.2, 0) is 11.7 Å². The highest BCUT2D eigenvalue weighted by atomic mass is 19.4. The molecule has 1 aliphatic heterocycles. The molecule has 1 amide bonds. The van der Waals surface area contributed by atoms with Crippen molar-refractivity contribution < 1.29 is 18.0 Å². The van der Waals surface area contributed by atoms with Crippen LogP contribution >= 0.6 is 0 Å². The van der Waals surface area contributed by atoms with Crippen molar-refractivity contribution in [2.24, 2.45) is 17.8 Å². The number of hydrogen-bond acceptors (Lipinski definition) is 4. The summed E-state index contributed by atoms with van der Waals surface area (Å²) < 4.78 is 41.2. The number of fused-ring (bicyclic) bond motifs is 1. The minimum Gasteiger partial charge on any atom is -0.381 e. The van der Waals surface area contributed by atoms with Crippen molar-refractivity contribution in [1.29, 1.82) is 0 Å². The fourth-order valence-corrected chi connectivity index (χ4v) is 6.40. The Labute approximate surface area is 201 Å². The van der Waals surface area contributed by atoms with Crippen LogP contribution in [0, 0.1) is 17.8 Å². The fraction of sp³-hybridized carbons (Fsp3) is 0.538. The molecule has 1 saturated heterocycles. The number of anilines is 1. The third kappa shape index (κ3) is 3.75. The van der Waals surface area contributed by atoms with E-state index in [1.165, 1.54) is 12.1 Å². The number of benzene rings is 1. The average molecular weight is 487 g/mol. The van der Waals surface area contributed by atoms with E-state index in [4.69, 9.17) is 0 Å². The van der Waals surface area contributed by atoms with Crippen LogP contribution in [0.2, 0.25) is 0 Å². The molecule has 4 atom stereocenters. The second kappa shape index (κ2) is 7.59. The standard InChI is InChI=1S/C26H29F3N4O2/c1-14(16-4-3-5-17(6-16)26(27,28)29)30-24(35)20-13-33(25-8-15(9-25)10-25)22(34)7-21(20)31-23-18-11-32(2)12-19(18)23/h3-7,13-15,18-19,23,31H,8-12H2,1-2H3,(H,30,35)/t14-,15?,18-,19+,23?,25?/m1/s1. The predicted octanol–water partition coefficient (Wildman–Crippen LogP) is 3.84. The molecular formula is C26H29F3N4O2. The summed E-state index contributed by atoms with van der Waals surface area (Å²) in [7, 11) is 2.09. The molecule has 4 saturated carbocycles. The van der Waals surface area contributed by atoms with E-state index in [0.717, 1.165) is 44.5 Å². The Bertz CT molecular complexity index is 1230. The smallest absolute Gasteiger partial charge is 0.381 e. The van der Waals surface area contributed by atoms with E-state index < -0.39 is 23.7 Å². The number of rotatable bonds is 6. The molecule has 1 aromatic heterocycles. The quantitative estimate of drug-likeness (QED) is 0.651. The Kier molecular flexibility index (Phi) is 4.91. The van der Waals surface area contributed by atoms with Crippen LogP contribution in [-0.4, -0.2) is 41.6 Å². The first-order chi connectivity index (χ1) is 16.5. The topological polar surface area (TPSA) is 66.4 Å². The van der Waals surface area contributed by atoms with Gasteiger partial charge in [0.1, 0.15) is 0 Å². The number of alkyl halides is 3. The van der Waals surface area contributed by atoms with Gasteiger partial charge in [0.2, 0.25) is 0 Å². The molecule has 1 unspecified atom stereocenters. The highest BCUT2D eigenvalue weighted by molar-refractivity contribution is 5.99. The van der Waals surface area contributed by atoms with Crippen molar-refractivity contribution in [3.63, 3.8) is 0 Å². The van der Waals surface area contributed by atoms with Gasteiger partial charge in [-0.3, -0.25) is 9.59 Å². The third-order valence-corrected chi connectivity index (χ3v) is 8.58. The van der Waals surface area contributed by atoms with Gasteiger partial charge in [-0.15, -0.1) is 0 Å². The first kappa shape index (κ1) is 22.6. The van der Waals surface area contributed by atoms with Crippen LogP contribution in [0.25, 0.3) is 0 Å². The van der Waals surface area contributed by atoms with Crippen molar-refractivity contribution >= 4 is 11.6 Å². The van der Waals surface area contributed by atoms with E-state index in [9.17, 15) is 22.8 Å². The maximum Gasteiger partial charge on any atom is 0.416 e. The van der Waals surface area contributed by atoms with Gasteiger partial charge in [0.15, 0.2) is 0 Å². The van der Waals surface area contributed by atoms with Crippen LogP contribution in [0.4, 0.5) is 18.9 Å². The van der Waals surface area contributed by atoms with Crippen LogP contribution < -0.4 is 16.2 Å². The van der Waals surface area contributed by atoms with Crippen molar-refractivity contribution in [2.45, 2.75) is 50.0 Å². The van der Waals surface area contributed by atoms with Gasteiger partial charge in [-0.1, -0.05) is 12.1 Å². The van der Waals surface area contributed by atoms with Gasteiger partial charge in [-0.2, -0.15) is 13.2 Å². The zero-order chi connectivity index (χ0) is 24.7. The number of halogens is 3. The van der Waals surface area contributed by atoms with Crippen molar-refractivity contribution in [3.8, 4) is 0 Å². The largest absolute Gasteiger partial charge is 0.416 e. The summed E-state index contributed by atoms with van der Waals surface area (Å²) >= 11 is 0. The molecule has 35 heavy (non-hydrogen) atoms. The summed E-state index contributed by atoms with van der Waals surface area (Å²) in [6, 6.07) is 6.12. The Morgan fingerprint density at radius 1 is 1.14 bits per heavy atom. The van der Waals surface area contributed by atoms with E-state index in [-0.39, 0.29) is 17.1 Å². The van der Waals surface area contributed by atoms with Gasteiger partial charge in [-0.05, 0) is 68.7 Å². The van der Waals surface area contributed by atoms with Gasteiger partial charge in [0.25, 0.3) is 11.5 Å². The first-order valence-corrected chi connectivity index (χ1v) is 12.2. The van der Waals surface area contributed by atoms with Crippen molar-refractivity contribution in [1.82, 2.24) is 14.8 Å². The van der Waals surface area contributed by atoms with Crippen LogP contribution in [0.15, 0.2) is 41.3 Å². The summed E-state index contributed by atoms with van der Waals surface area (Å²) in [5.41, 5.74) is 0.202. The summed E-state index contributed by atoms with van der Waals surface area (Å²) in [6.07, 6.45) is 0.0887. The molecule has 186 valence electrons. The number of nitrogens with zero attached hydrogens (tertiary/aromatic N) is 2. The lowest BCUT2D eigenvalue weighted by Crippen LogP contribution is -2.62. The van der Waals surface area contributed by atoms with E-state index in [1.54, 1.807) is 23.8 Å². The zero-order valence-corrected chi connectivity index (χ0v) is 19.7. The second-order valence-electron chi connectivity index (χ2n) is 11.0. The van der Waals surface area contributed by atoms with Gasteiger partial charge in [0, 0.05) is 36.9 Å². The lowest BCUT2D eigenvalue weighted by atomic mass is 9.49. The molecule has 2 aromatic rings. The predicted molar refractivity (Wildman–Crippen MR) is 125 cm³/mol. The molecular weight excluding hydrogens is 457 g/mol. The number of carbonyl (C=O) groups is 1. The number of pyridine rings is 1. The normalized spacial score (nSPS) is 31.7. The Balaban J connectivity index is 1.27. The van der Waals surface area contributed by atoms with Gasteiger partial charge in [0.05, 0.1) is 22.9 Å².